The van der Waals surface area contributed by atoms with Crippen LogP contribution in [0, 0.1) is 0 Å². The standard InChI is InChI=1S/C17H25N3O4S/c1-17(2,3)24-16(23)18-11-14(21)20-8-6-12(7-9-20)19-15(22)13-5-4-10-25-13/h4-5,10,12H,6-9,11H2,1-3H3,(H,18,23)(H,19,22). The van der Waals surface area contributed by atoms with Gasteiger partial charge in [0.15, 0.2) is 0 Å². The van der Waals surface area contributed by atoms with Crippen LogP contribution in [0.2, 0.25) is 0 Å². The molecule has 0 spiro atoms. The molecule has 0 saturated carbocycles. The Morgan fingerprint density at radius 3 is 2.52 bits per heavy atom. The second kappa shape index (κ2) is 8.33. The average Bonchev–Trinajstić information content (AvgIpc) is 3.06. The highest BCUT2D eigenvalue weighted by Gasteiger charge is 2.25. The zero-order valence-corrected chi connectivity index (χ0v) is 15.6. The van der Waals surface area contributed by atoms with Gasteiger partial charge in [0.2, 0.25) is 5.91 Å². The van der Waals surface area contributed by atoms with E-state index in [1.807, 2.05) is 11.4 Å². The van der Waals surface area contributed by atoms with Gasteiger partial charge in [0, 0.05) is 19.1 Å². The smallest absolute Gasteiger partial charge is 0.408 e. The highest BCUT2D eigenvalue weighted by molar-refractivity contribution is 7.12. The molecule has 0 atom stereocenters. The quantitative estimate of drug-likeness (QED) is 0.852. The van der Waals surface area contributed by atoms with Gasteiger partial charge in [-0.25, -0.2) is 4.79 Å². The van der Waals surface area contributed by atoms with Gasteiger partial charge >= 0.3 is 6.09 Å². The third kappa shape index (κ3) is 6.38. The van der Waals surface area contributed by atoms with Gasteiger partial charge in [-0.1, -0.05) is 6.07 Å². The van der Waals surface area contributed by atoms with Crippen LogP contribution >= 0.6 is 11.3 Å². The molecule has 7 nitrogen and oxygen atoms in total. The van der Waals surface area contributed by atoms with Gasteiger partial charge in [-0.3, -0.25) is 9.59 Å². The van der Waals surface area contributed by atoms with E-state index in [1.54, 1.807) is 31.7 Å². The van der Waals surface area contributed by atoms with Crippen LogP contribution < -0.4 is 10.6 Å². The number of piperidine rings is 1. The number of carbonyl (C=O) groups is 3. The van der Waals surface area contributed by atoms with Crippen LogP contribution in [0.4, 0.5) is 4.79 Å². The third-order valence-corrected chi connectivity index (χ3v) is 4.58. The fourth-order valence-corrected chi connectivity index (χ4v) is 3.14. The summed E-state index contributed by atoms with van der Waals surface area (Å²) in [4.78, 5) is 38.2. The number of hydrogen-bond acceptors (Lipinski definition) is 5. The Bertz CT molecular complexity index is 602. The Hall–Kier alpha value is -2.09. The molecule has 25 heavy (non-hydrogen) atoms. The van der Waals surface area contributed by atoms with Gasteiger partial charge in [0.05, 0.1) is 4.88 Å². The van der Waals surface area contributed by atoms with Crippen molar-refractivity contribution >= 4 is 29.2 Å². The van der Waals surface area contributed by atoms with Crippen molar-refractivity contribution in [2.24, 2.45) is 0 Å². The zero-order chi connectivity index (χ0) is 18.4. The van der Waals surface area contributed by atoms with E-state index in [1.165, 1.54) is 11.3 Å². The lowest BCUT2D eigenvalue weighted by Gasteiger charge is -2.32. The lowest BCUT2D eigenvalue weighted by Crippen LogP contribution is -2.49. The number of ether oxygens (including phenoxy) is 1. The molecule has 0 aromatic carbocycles. The number of nitrogens with one attached hydrogen (secondary N) is 2. The number of nitrogens with zero attached hydrogens (tertiary/aromatic N) is 1. The first-order chi connectivity index (χ1) is 11.7. The molecule has 138 valence electrons. The second-order valence-corrected chi connectivity index (χ2v) is 7.91. The summed E-state index contributed by atoms with van der Waals surface area (Å²) in [6, 6.07) is 3.71. The number of likely N-dealkylation sites (tertiary alicyclic amines) is 1. The molecule has 2 N–H and O–H groups in total. The van der Waals surface area contributed by atoms with E-state index in [0.29, 0.717) is 30.8 Å². The van der Waals surface area contributed by atoms with Crippen LogP contribution in [0.5, 0.6) is 0 Å². The Labute approximate surface area is 151 Å². The molecule has 0 aliphatic carbocycles. The monoisotopic (exact) mass is 367 g/mol. The predicted octanol–water partition coefficient (Wildman–Crippen LogP) is 1.99. The molecule has 1 aromatic heterocycles. The number of hydrogen-bond donors (Lipinski definition) is 2. The van der Waals surface area contributed by atoms with Crippen molar-refractivity contribution in [2.45, 2.75) is 45.3 Å². The van der Waals surface area contributed by atoms with E-state index < -0.39 is 11.7 Å². The molecule has 0 radical (unpaired) electrons. The molecule has 8 heteroatoms. The molecular weight excluding hydrogens is 342 g/mol. The summed E-state index contributed by atoms with van der Waals surface area (Å²) in [5, 5.41) is 7.35. The van der Waals surface area contributed by atoms with Gasteiger partial charge in [-0.2, -0.15) is 0 Å². The molecule has 1 aromatic rings. The SMILES string of the molecule is CC(C)(C)OC(=O)NCC(=O)N1CCC(NC(=O)c2cccs2)CC1. The lowest BCUT2D eigenvalue weighted by atomic mass is 10.0. The van der Waals surface area contributed by atoms with Crippen molar-refractivity contribution in [3.8, 4) is 0 Å². The summed E-state index contributed by atoms with van der Waals surface area (Å²) in [5.74, 6) is -0.208. The minimum absolute atomic E-state index is 0.0635. The summed E-state index contributed by atoms with van der Waals surface area (Å²) in [7, 11) is 0. The molecule has 1 fully saturated rings. The summed E-state index contributed by atoms with van der Waals surface area (Å²) < 4.78 is 5.10. The van der Waals surface area contributed by atoms with Crippen LogP contribution in [-0.4, -0.2) is 54.1 Å². The largest absolute Gasteiger partial charge is 0.444 e. The van der Waals surface area contributed by atoms with Crippen LogP contribution in [0.1, 0.15) is 43.3 Å². The minimum Gasteiger partial charge on any atom is -0.444 e. The number of amides is 3. The number of carbonyl (C=O) groups excluding carboxylic acids is 3. The molecule has 3 amide bonds. The molecule has 2 heterocycles. The van der Waals surface area contributed by atoms with Gasteiger partial charge < -0.3 is 20.3 Å². The summed E-state index contributed by atoms with van der Waals surface area (Å²) in [6.07, 6.45) is 0.809. The first-order valence-electron chi connectivity index (χ1n) is 8.33. The Morgan fingerprint density at radius 1 is 1.28 bits per heavy atom. The van der Waals surface area contributed by atoms with Crippen LogP contribution in [0.15, 0.2) is 17.5 Å². The molecule has 0 unspecified atom stereocenters. The summed E-state index contributed by atoms with van der Waals surface area (Å²) in [5.41, 5.74) is -0.591. The molecule has 0 bridgehead atoms. The second-order valence-electron chi connectivity index (χ2n) is 6.96. The van der Waals surface area contributed by atoms with E-state index in [9.17, 15) is 14.4 Å². The highest BCUT2D eigenvalue weighted by Crippen LogP contribution is 2.13. The maximum atomic E-state index is 12.2. The van der Waals surface area contributed by atoms with Gasteiger partial charge in [0.1, 0.15) is 12.1 Å². The predicted molar refractivity (Wildman–Crippen MR) is 95.6 cm³/mol. The Morgan fingerprint density at radius 2 is 1.96 bits per heavy atom. The van der Waals surface area contributed by atoms with Gasteiger partial charge in [-0.05, 0) is 45.1 Å². The maximum Gasteiger partial charge on any atom is 0.408 e. The van der Waals surface area contributed by atoms with E-state index in [2.05, 4.69) is 10.6 Å². The fourth-order valence-electron chi connectivity index (χ4n) is 2.51. The average molecular weight is 367 g/mol. The normalized spacial score (nSPS) is 15.6. The molecule has 1 aliphatic rings. The Kier molecular flexibility index (Phi) is 6.41. The first-order valence-corrected chi connectivity index (χ1v) is 9.21. The van der Waals surface area contributed by atoms with Crippen molar-refractivity contribution in [3.05, 3.63) is 22.4 Å². The fraction of sp³-hybridized carbons (Fsp3) is 0.588. The van der Waals surface area contributed by atoms with Gasteiger partial charge in [0.25, 0.3) is 5.91 Å². The van der Waals surface area contributed by atoms with E-state index in [4.69, 9.17) is 4.74 Å². The molecule has 2 rings (SSSR count). The van der Waals surface area contributed by atoms with Crippen molar-refractivity contribution in [1.82, 2.24) is 15.5 Å². The minimum atomic E-state index is -0.598. The van der Waals surface area contributed by atoms with E-state index in [0.717, 1.165) is 0 Å². The Balaban J connectivity index is 1.69. The number of alkyl carbamates (subject to hydrolysis) is 1. The third-order valence-electron chi connectivity index (χ3n) is 3.71. The van der Waals surface area contributed by atoms with Crippen LogP contribution in [0.25, 0.3) is 0 Å². The van der Waals surface area contributed by atoms with Crippen molar-refractivity contribution in [3.63, 3.8) is 0 Å². The summed E-state index contributed by atoms with van der Waals surface area (Å²) in [6.45, 7) is 6.34. The topological polar surface area (TPSA) is 87.7 Å². The van der Waals surface area contributed by atoms with E-state index in [-0.39, 0.29) is 24.4 Å². The maximum absolute atomic E-state index is 12.2. The van der Waals surface area contributed by atoms with Crippen molar-refractivity contribution < 1.29 is 19.1 Å². The number of rotatable bonds is 4. The van der Waals surface area contributed by atoms with Crippen LogP contribution in [-0.2, 0) is 9.53 Å². The molecule has 1 aliphatic heterocycles. The molecule has 1 saturated heterocycles. The first kappa shape index (κ1) is 19.2. The van der Waals surface area contributed by atoms with Gasteiger partial charge in [-0.15, -0.1) is 11.3 Å². The lowest BCUT2D eigenvalue weighted by molar-refractivity contribution is -0.131. The zero-order valence-electron chi connectivity index (χ0n) is 14.8. The number of thiophene rings is 1. The highest BCUT2D eigenvalue weighted by atomic mass is 32.1. The van der Waals surface area contributed by atoms with Crippen LogP contribution in [0.3, 0.4) is 0 Å². The van der Waals surface area contributed by atoms with Crippen molar-refractivity contribution in [1.29, 1.82) is 0 Å². The summed E-state index contributed by atoms with van der Waals surface area (Å²) >= 11 is 1.41. The van der Waals surface area contributed by atoms with E-state index >= 15 is 0 Å². The van der Waals surface area contributed by atoms with Crippen molar-refractivity contribution in [2.75, 3.05) is 19.6 Å². The molecular formula is C17H25N3O4S.